The summed E-state index contributed by atoms with van der Waals surface area (Å²) >= 11 is 0. The van der Waals surface area contributed by atoms with Crippen LogP contribution in [-0.4, -0.2) is 48.0 Å². The molecule has 26 heavy (non-hydrogen) atoms. The summed E-state index contributed by atoms with van der Waals surface area (Å²) in [4.78, 5) is 26.0. The number of rotatable bonds is 7. The maximum atomic E-state index is 12.4. The molecule has 0 spiro atoms. The number of amides is 2. The SMILES string of the molecule is NC(=O)C1CCCN(CCCNC(=O)c2cnoc2-c2ccccc2)C1. The van der Waals surface area contributed by atoms with Crippen LogP contribution < -0.4 is 11.1 Å². The van der Waals surface area contributed by atoms with E-state index in [1.807, 2.05) is 30.3 Å². The van der Waals surface area contributed by atoms with Gasteiger partial charge in [0.2, 0.25) is 5.91 Å². The van der Waals surface area contributed by atoms with Crippen LogP contribution in [-0.2, 0) is 4.79 Å². The first kappa shape index (κ1) is 18.1. The molecule has 0 bridgehead atoms. The van der Waals surface area contributed by atoms with E-state index in [4.69, 9.17) is 10.3 Å². The van der Waals surface area contributed by atoms with Gasteiger partial charge in [-0.2, -0.15) is 0 Å². The first-order valence-electron chi connectivity index (χ1n) is 8.95. The van der Waals surface area contributed by atoms with E-state index in [2.05, 4.69) is 15.4 Å². The van der Waals surface area contributed by atoms with Crippen molar-refractivity contribution in [3.8, 4) is 11.3 Å². The molecule has 1 aromatic heterocycles. The van der Waals surface area contributed by atoms with Crippen molar-refractivity contribution in [2.45, 2.75) is 19.3 Å². The number of piperidine rings is 1. The third-order valence-corrected chi connectivity index (χ3v) is 4.70. The van der Waals surface area contributed by atoms with Gasteiger partial charge in [0.1, 0.15) is 5.56 Å². The van der Waals surface area contributed by atoms with Gasteiger partial charge in [-0.1, -0.05) is 35.5 Å². The number of nitrogens with one attached hydrogen (secondary N) is 1. The first-order valence-corrected chi connectivity index (χ1v) is 8.95. The second kappa shape index (κ2) is 8.62. The summed E-state index contributed by atoms with van der Waals surface area (Å²) in [7, 11) is 0. The Morgan fingerprint density at radius 1 is 1.31 bits per heavy atom. The van der Waals surface area contributed by atoms with Crippen molar-refractivity contribution in [2.24, 2.45) is 11.7 Å². The fraction of sp³-hybridized carbons (Fsp3) is 0.421. The zero-order valence-electron chi connectivity index (χ0n) is 14.7. The number of nitrogens with two attached hydrogens (primary N) is 1. The van der Waals surface area contributed by atoms with Gasteiger partial charge in [0, 0.05) is 18.7 Å². The molecule has 1 aromatic carbocycles. The molecular formula is C19H24N4O3. The normalized spacial score (nSPS) is 17.8. The van der Waals surface area contributed by atoms with Crippen LogP contribution in [0.1, 0.15) is 29.6 Å². The summed E-state index contributed by atoms with van der Waals surface area (Å²) in [5.74, 6) is 0.00914. The Kier molecular flexibility index (Phi) is 6.01. The van der Waals surface area contributed by atoms with E-state index >= 15 is 0 Å². The molecule has 7 heteroatoms. The van der Waals surface area contributed by atoms with Crippen LogP contribution in [0.5, 0.6) is 0 Å². The maximum Gasteiger partial charge on any atom is 0.256 e. The Hall–Kier alpha value is -2.67. The molecule has 7 nitrogen and oxygen atoms in total. The van der Waals surface area contributed by atoms with Crippen molar-refractivity contribution in [3.05, 3.63) is 42.1 Å². The van der Waals surface area contributed by atoms with Crippen LogP contribution >= 0.6 is 0 Å². The quantitative estimate of drug-likeness (QED) is 0.735. The summed E-state index contributed by atoms with van der Waals surface area (Å²) in [5.41, 5.74) is 6.66. The molecule has 1 atom stereocenters. The average Bonchev–Trinajstić information content (AvgIpc) is 3.16. The molecule has 1 aliphatic rings. The van der Waals surface area contributed by atoms with Crippen molar-refractivity contribution in [1.82, 2.24) is 15.4 Å². The van der Waals surface area contributed by atoms with E-state index in [1.54, 1.807) is 0 Å². The monoisotopic (exact) mass is 356 g/mol. The highest BCUT2D eigenvalue weighted by Crippen LogP contribution is 2.23. The summed E-state index contributed by atoms with van der Waals surface area (Å²) in [6, 6.07) is 9.43. The van der Waals surface area contributed by atoms with Gasteiger partial charge in [0.25, 0.3) is 5.91 Å². The molecule has 2 amide bonds. The lowest BCUT2D eigenvalue weighted by molar-refractivity contribution is -0.123. The minimum atomic E-state index is -0.219. The predicted octanol–water partition coefficient (Wildman–Crippen LogP) is 1.66. The molecule has 3 N–H and O–H groups in total. The summed E-state index contributed by atoms with van der Waals surface area (Å²) < 4.78 is 5.24. The molecule has 0 aliphatic carbocycles. The van der Waals surface area contributed by atoms with Crippen LogP contribution in [0.25, 0.3) is 11.3 Å². The molecule has 0 saturated carbocycles. The Balaban J connectivity index is 1.47. The average molecular weight is 356 g/mol. The number of nitrogens with zero attached hydrogens (tertiary/aromatic N) is 2. The van der Waals surface area contributed by atoms with Crippen molar-refractivity contribution in [2.75, 3.05) is 26.2 Å². The smallest absolute Gasteiger partial charge is 0.256 e. The lowest BCUT2D eigenvalue weighted by atomic mass is 9.97. The topological polar surface area (TPSA) is 101 Å². The van der Waals surface area contributed by atoms with Gasteiger partial charge in [-0.25, -0.2) is 0 Å². The van der Waals surface area contributed by atoms with Crippen LogP contribution in [0.4, 0.5) is 0 Å². The lowest BCUT2D eigenvalue weighted by Crippen LogP contribution is -2.42. The third kappa shape index (κ3) is 4.49. The molecule has 1 saturated heterocycles. The van der Waals surface area contributed by atoms with E-state index in [9.17, 15) is 9.59 Å². The van der Waals surface area contributed by atoms with Crippen molar-refractivity contribution >= 4 is 11.8 Å². The van der Waals surface area contributed by atoms with E-state index < -0.39 is 0 Å². The van der Waals surface area contributed by atoms with Gasteiger partial charge < -0.3 is 20.5 Å². The Labute approximate surface area is 152 Å². The highest BCUT2D eigenvalue weighted by Gasteiger charge is 2.23. The molecule has 3 rings (SSSR count). The number of aromatic nitrogens is 1. The van der Waals surface area contributed by atoms with Crippen LogP contribution in [0.3, 0.4) is 0 Å². The van der Waals surface area contributed by atoms with Crippen LogP contribution in [0, 0.1) is 5.92 Å². The molecule has 1 aliphatic heterocycles. The predicted molar refractivity (Wildman–Crippen MR) is 97.2 cm³/mol. The summed E-state index contributed by atoms with van der Waals surface area (Å²) in [6.45, 7) is 3.07. The number of carbonyl (C=O) groups excluding carboxylic acids is 2. The largest absolute Gasteiger partial charge is 0.369 e. The van der Waals surface area contributed by atoms with Gasteiger partial charge >= 0.3 is 0 Å². The fourth-order valence-corrected chi connectivity index (χ4v) is 3.29. The fourth-order valence-electron chi connectivity index (χ4n) is 3.29. The van der Waals surface area contributed by atoms with Gasteiger partial charge in [-0.05, 0) is 32.4 Å². The molecule has 2 aromatic rings. The Morgan fingerprint density at radius 3 is 2.88 bits per heavy atom. The van der Waals surface area contributed by atoms with E-state index in [0.29, 0.717) is 24.4 Å². The van der Waals surface area contributed by atoms with Gasteiger partial charge in [-0.15, -0.1) is 0 Å². The van der Waals surface area contributed by atoms with E-state index in [1.165, 1.54) is 6.20 Å². The molecule has 1 fully saturated rings. The van der Waals surface area contributed by atoms with Crippen molar-refractivity contribution in [1.29, 1.82) is 0 Å². The van der Waals surface area contributed by atoms with Crippen molar-refractivity contribution < 1.29 is 14.1 Å². The second-order valence-electron chi connectivity index (χ2n) is 6.59. The second-order valence-corrected chi connectivity index (χ2v) is 6.59. The third-order valence-electron chi connectivity index (χ3n) is 4.70. The maximum absolute atomic E-state index is 12.4. The van der Waals surface area contributed by atoms with Crippen LogP contribution in [0.2, 0.25) is 0 Å². The molecule has 2 heterocycles. The minimum absolute atomic E-state index is 0.0521. The first-order chi connectivity index (χ1) is 12.6. The number of hydrogen-bond acceptors (Lipinski definition) is 5. The van der Waals surface area contributed by atoms with Gasteiger partial charge in [0.15, 0.2) is 5.76 Å². The number of carbonyl (C=O) groups is 2. The van der Waals surface area contributed by atoms with E-state index in [-0.39, 0.29) is 17.7 Å². The Morgan fingerprint density at radius 2 is 2.12 bits per heavy atom. The Bertz CT molecular complexity index is 744. The number of hydrogen-bond donors (Lipinski definition) is 2. The summed E-state index contributed by atoms with van der Waals surface area (Å²) in [6.07, 6.45) is 4.11. The number of primary amides is 1. The molecule has 138 valence electrons. The van der Waals surface area contributed by atoms with Crippen molar-refractivity contribution in [3.63, 3.8) is 0 Å². The molecule has 0 radical (unpaired) electrons. The van der Waals surface area contributed by atoms with E-state index in [0.717, 1.165) is 37.9 Å². The highest BCUT2D eigenvalue weighted by molar-refractivity contribution is 5.99. The van der Waals surface area contributed by atoms with Gasteiger partial charge in [0.05, 0.1) is 12.1 Å². The lowest BCUT2D eigenvalue weighted by Gasteiger charge is -2.31. The standard InChI is InChI=1S/C19H24N4O3/c20-18(24)15-8-4-10-23(13-15)11-5-9-21-19(25)16-12-22-26-17(16)14-6-2-1-3-7-14/h1-3,6-7,12,15H,4-5,8-11,13H2,(H2,20,24)(H,21,25). The zero-order valence-corrected chi connectivity index (χ0v) is 14.7. The molecule has 1 unspecified atom stereocenters. The number of benzene rings is 1. The minimum Gasteiger partial charge on any atom is -0.369 e. The highest BCUT2D eigenvalue weighted by atomic mass is 16.5. The summed E-state index contributed by atoms with van der Waals surface area (Å²) in [5, 5.41) is 6.67. The van der Waals surface area contributed by atoms with Crippen LogP contribution in [0.15, 0.2) is 41.1 Å². The van der Waals surface area contributed by atoms with Gasteiger partial charge in [-0.3, -0.25) is 9.59 Å². The molecular weight excluding hydrogens is 332 g/mol. The zero-order chi connectivity index (χ0) is 18.4. The number of likely N-dealkylation sites (tertiary alicyclic amines) is 1.